The van der Waals surface area contributed by atoms with Crippen LogP contribution < -0.4 is 0 Å². The molecule has 11 heavy (non-hydrogen) atoms. The molecular formula is C11H18. The highest BCUT2D eigenvalue weighted by Crippen LogP contribution is 2.34. The molecule has 0 nitrogen and oxygen atoms in total. The lowest BCUT2D eigenvalue weighted by Gasteiger charge is -2.26. The van der Waals surface area contributed by atoms with Crippen molar-refractivity contribution in [2.24, 2.45) is 5.92 Å². The first-order valence-corrected chi connectivity index (χ1v) is 4.64. The standard InChI is InChI=1S/C11H18/c1-4-10-8-6-7-9(3)11(10)5-2/h5,10H,3-4,6-8H2,1-2H3/b11-5+. The van der Waals surface area contributed by atoms with Crippen LogP contribution in [0.2, 0.25) is 0 Å². The molecule has 0 saturated heterocycles. The molecule has 1 unspecified atom stereocenters. The van der Waals surface area contributed by atoms with Crippen molar-refractivity contribution in [2.45, 2.75) is 39.5 Å². The van der Waals surface area contributed by atoms with E-state index in [9.17, 15) is 0 Å². The van der Waals surface area contributed by atoms with E-state index in [1.54, 1.807) is 0 Å². The highest BCUT2D eigenvalue weighted by atomic mass is 14.2. The Labute approximate surface area is 70.0 Å². The van der Waals surface area contributed by atoms with Gasteiger partial charge in [0, 0.05) is 0 Å². The van der Waals surface area contributed by atoms with Crippen molar-refractivity contribution in [3.63, 3.8) is 0 Å². The fourth-order valence-electron chi connectivity index (χ4n) is 2.01. The van der Waals surface area contributed by atoms with E-state index in [-0.39, 0.29) is 0 Å². The molecule has 0 aliphatic heterocycles. The van der Waals surface area contributed by atoms with E-state index in [4.69, 9.17) is 0 Å². The predicted octanol–water partition coefficient (Wildman–Crippen LogP) is 3.70. The Morgan fingerprint density at radius 3 is 2.82 bits per heavy atom. The molecule has 0 aromatic heterocycles. The van der Waals surface area contributed by atoms with E-state index in [2.05, 4.69) is 26.5 Å². The van der Waals surface area contributed by atoms with Gasteiger partial charge >= 0.3 is 0 Å². The molecule has 62 valence electrons. The number of rotatable bonds is 1. The van der Waals surface area contributed by atoms with Crippen LogP contribution in [0.3, 0.4) is 0 Å². The van der Waals surface area contributed by atoms with Gasteiger partial charge < -0.3 is 0 Å². The second-order valence-electron chi connectivity index (χ2n) is 3.34. The number of hydrogen-bond acceptors (Lipinski definition) is 0. The average Bonchev–Trinajstić information content (AvgIpc) is 2.04. The molecule has 0 aromatic carbocycles. The van der Waals surface area contributed by atoms with E-state index in [0.29, 0.717) is 0 Å². The summed E-state index contributed by atoms with van der Waals surface area (Å²) < 4.78 is 0. The Balaban J connectivity index is 2.72. The minimum Gasteiger partial charge on any atom is -0.0956 e. The summed E-state index contributed by atoms with van der Waals surface area (Å²) in [7, 11) is 0. The van der Waals surface area contributed by atoms with Crippen LogP contribution in [0, 0.1) is 5.92 Å². The Hall–Kier alpha value is -0.520. The monoisotopic (exact) mass is 150 g/mol. The summed E-state index contributed by atoms with van der Waals surface area (Å²) in [6, 6.07) is 0. The molecule has 0 aromatic rings. The fraction of sp³-hybridized carbons (Fsp3) is 0.636. The van der Waals surface area contributed by atoms with Crippen LogP contribution in [0.4, 0.5) is 0 Å². The first kappa shape index (κ1) is 8.58. The molecule has 0 bridgehead atoms. The smallest absolute Gasteiger partial charge is 0.0165 e. The fourth-order valence-corrected chi connectivity index (χ4v) is 2.01. The quantitative estimate of drug-likeness (QED) is 0.534. The van der Waals surface area contributed by atoms with E-state index in [1.165, 1.54) is 36.8 Å². The lowest BCUT2D eigenvalue weighted by Crippen LogP contribution is -2.10. The molecular weight excluding hydrogens is 132 g/mol. The van der Waals surface area contributed by atoms with Gasteiger partial charge in [-0.3, -0.25) is 0 Å². The Kier molecular flexibility index (Phi) is 2.92. The van der Waals surface area contributed by atoms with Crippen LogP contribution >= 0.6 is 0 Å². The predicted molar refractivity (Wildman–Crippen MR) is 50.5 cm³/mol. The van der Waals surface area contributed by atoms with Gasteiger partial charge in [0.2, 0.25) is 0 Å². The third-order valence-electron chi connectivity index (χ3n) is 2.68. The summed E-state index contributed by atoms with van der Waals surface area (Å²) >= 11 is 0. The van der Waals surface area contributed by atoms with Crippen molar-refractivity contribution in [1.29, 1.82) is 0 Å². The topological polar surface area (TPSA) is 0 Å². The molecule has 1 aliphatic carbocycles. The maximum atomic E-state index is 4.10. The Bertz CT molecular complexity index is 174. The van der Waals surface area contributed by atoms with Crippen molar-refractivity contribution in [3.05, 3.63) is 23.8 Å². The molecule has 0 heterocycles. The van der Waals surface area contributed by atoms with Gasteiger partial charge in [-0.1, -0.05) is 25.2 Å². The first-order chi connectivity index (χ1) is 5.29. The molecule has 1 aliphatic rings. The summed E-state index contributed by atoms with van der Waals surface area (Å²) in [6.07, 6.45) is 7.45. The molecule has 0 radical (unpaired) electrons. The second kappa shape index (κ2) is 3.75. The first-order valence-electron chi connectivity index (χ1n) is 4.64. The molecule has 1 saturated carbocycles. The van der Waals surface area contributed by atoms with E-state index in [0.717, 1.165) is 5.92 Å². The zero-order valence-corrected chi connectivity index (χ0v) is 7.69. The summed E-state index contributed by atoms with van der Waals surface area (Å²) in [4.78, 5) is 0. The van der Waals surface area contributed by atoms with E-state index in [1.807, 2.05) is 0 Å². The zero-order valence-electron chi connectivity index (χ0n) is 7.69. The minimum atomic E-state index is 0.807. The average molecular weight is 150 g/mol. The van der Waals surface area contributed by atoms with Crippen LogP contribution in [0.1, 0.15) is 39.5 Å². The van der Waals surface area contributed by atoms with Crippen LogP contribution in [0.5, 0.6) is 0 Å². The van der Waals surface area contributed by atoms with Crippen molar-refractivity contribution in [2.75, 3.05) is 0 Å². The second-order valence-corrected chi connectivity index (χ2v) is 3.34. The van der Waals surface area contributed by atoms with E-state index >= 15 is 0 Å². The van der Waals surface area contributed by atoms with Gasteiger partial charge in [0.25, 0.3) is 0 Å². The highest BCUT2D eigenvalue weighted by molar-refractivity contribution is 5.31. The summed E-state index contributed by atoms with van der Waals surface area (Å²) in [5.41, 5.74) is 2.91. The zero-order chi connectivity index (χ0) is 8.27. The van der Waals surface area contributed by atoms with Gasteiger partial charge in [-0.15, -0.1) is 0 Å². The minimum absolute atomic E-state index is 0.807. The van der Waals surface area contributed by atoms with Crippen molar-refractivity contribution < 1.29 is 0 Å². The number of allylic oxidation sites excluding steroid dienone is 3. The van der Waals surface area contributed by atoms with Gasteiger partial charge in [0.05, 0.1) is 0 Å². The van der Waals surface area contributed by atoms with E-state index < -0.39 is 0 Å². The largest absolute Gasteiger partial charge is 0.0956 e. The third-order valence-corrected chi connectivity index (χ3v) is 2.68. The molecule has 0 heteroatoms. The summed E-state index contributed by atoms with van der Waals surface area (Å²) in [5, 5.41) is 0. The van der Waals surface area contributed by atoms with Gasteiger partial charge in [-0.05, 0) is 44.1 Å². The van der Waals surface area contributed by atoms with Crippen LogP contribution in [0.25, 0.3) is 0 Å². The summed E-state index contributed by atoms with van der Waals surface area (Å²) in [6.45, 7) is 8.50. The Morgan fingerprint density at radius 2 is 2.36 bits per heavy atom. The van der Waals surface area contributed by atoms with Crippen molar-refractivity contribution >= 4 is 0 Å². The lowest BCUT2D eigenvalue weighted by atomic mass is 9.80. The van der Waals surface area contributed by atoms with Gasteiger partial charge in [0.1, 0.15) is 0 Å². The Morgan fingerprint density at radius 1 is 1.64 bits per heavy atom. The SMILES string of the molecule is C=C1CCCC(CC)/C1=C/C. The molecule has 0 spiro atoms. The molecule has 1 rings (SSSR count). The van der Waals surface area contributed by atoms with Crippen LogP contribution in [-0.4, -0.2) is 0 Å². The van der Waals surface area contributed by atoms with Crippen LogP contribution in [-0.2, 0) is 0 Å². The van der Waals surface area contributed by atoms with Crippen molar-refractivity contribution in [1.82, 2.24) is 0 Å². The normalized spacial score (nSPS) is 29.5. The lowest BCUT2D eigenvalue weighted by molar-refractivity contribution is 0.488. The van der Waals surface area contributed by atoms with Gasteiger partial charge in [-0.2, -0.15) is 0 Å². The third kappa shape index (κ3) is 1.74. The highest BCUT2D eigenvalue weighted by Gasteiger charge is 2.18. The van der Waals surface area contributed by atoms with Gasteiger partial charge in [0.15, 0.2) is 0 Å². The van der Waals surface area contributed by atoms with Crippen LogP contribution in [0.15, 0.2) is 23.8 Å². The molecule has 1 fully saturated rings. The number of hydrogen-bond donors (Lipinski definition) is 0. The molecule has 1 atom stereocenters. The molecule has 0 N–H and O–H groups in total. The van der Waals surface area contributed by atoms with Crippen molar-refractivity contribution in [3.8, 4) is 0 Å². The maximum absolute atomic E-state index is 4.10. The summed E-state index contributed by atoms with van der Waals surface area (Å²) in [5.74, 6) is 0.807. The maximum Gasteiger partial charge on any atom is -0.0165 e. The van der Waals surface area contributed by atoms with Gasteiger partial charge in [-0.25, -0.2) is 0 Å². The molecule has 0 amide bonds.